The highest BCUT2D eigenvalue weighted by Gasteiger charge is 2.11. The second kappa shape index (κ2) is 8.55. The average molecular weight is 376 g/mol. The van der Waals surface area contributed by atoms with Crippen LogP contribution in [-0.4, -0.2) is 22.5 Å². The molecule has 4 aromatic rings. The fourth-order valence-corrected chi connectivity index (χ4v) is 2.75. The van der Waals surface area contributed by atoms with E-state index in [0.29, 0.717) is 10.8 Å². The molecule has 0 fully saturated rings. The third kappa shape index (κ3) is 4.56. The van der Waals surface area contributed by atoms with E-state index in [1.807, 2.05) is 0 Å². The summed E-state index contributed by atoms with van der Waals surface area (Å²) in [6.07, 6.45) is -2.88. The normalized spacial score (nSPS) is 10.0. The minimum Gasteiger partial charge on any atom is -0.449 e. The molecule has 0 amide bonds. The lowest BCUT2D eigenvalue weighted by atomic mass is 10.1. The molecule has 6 nitrogen and oxygen atoms in total. The first kappa shape index (κ1) is 18.7. The van der Waals surface area contributed by atoms with Crippen LogP contribution in [0, 0.1) is 0 Å². The van der Waals surface area contributed by atoms with Gasteiger partial charge in [0.25, 0.3) is 0 Å². The fourth-order valence-electron chi connectivity index (χ4n) is 2.75. The van der Waals surface area contributed by atoms with Crippen molar-refractivity contribution in [3.05, 3.63) is 84.9 Å². The van der Waals surface area contributed by atoms with Crippen molar-refractivity contribution in [1.29, 1.82) is 0 Å². The Morgan fingerprint density at radius 1 is 0.536 bits per heavy atom. The maximum absolute atomic E-state index is 10.5. The molecule has 4 rings (SSSR count). The fraction of sp³-hybridized carbons (Fsp3) is 0. The Morgan fingerprint density at radius 2 is 0.893 bits per heavy atom. The van der Waals surface area contributed by atoms with E-state index in [1.165, 1.54) is 22.9 Å². The summed E-state index contributed by atoms with van der Waals surface area (Å²) >= 11 is 0. The van der Waals surface area contributed by atoms with Crippen LogP contribution in [0.1, 0.15) is 0 Å². The van der Waals surface area contributed by atoms with Crippen LogP contribution in [-0.2, 0) is 0 Å². The monoisotopic (exact) mass is 376 g/mol. The van der Waals surface area contributed by atoms with Gasteiger partial charge in [-0.2, -0.15) is 0 Å². The van der Waals surface area contributed by atoms with Gasteiger partial charge in [-0.25, -0.2) is 9.59 Å². The number of rotatable bonds is 2. The summed E-state index contributed by atoms with van der Waals surface area (Å²) in [4.78, 5) is 21.1. The lowest BCUT2D eigenvalue weighted by Crippen LogP contribution is -2.05. The summed E-state index contributed by atoms with van der Waals surface area (Å²) in [6, 6.07) is 26.0. The van der Waals surface area contributed by atoms with E-state index >= 15 is 0 Å². The smallest absolute Gasteiger partial charge is 0.449 e. The van der Waals surface area contributed by atoms with Crippen molar-refractivity contribution in [2.75, 3.05) is 0 Å². The topological polar surface area (TPSA) is 93.1 Å². The maximum atomic E-state index is 10.5. The van der Waals surface area contributed by atoms with Crippen LogP contribution in [0.5, 0.6) is 11.5 Å². The number of hydrogen-bond acceptors (Lipinski definition) is 4. The first-order valence-corrected chi connectivity index (χ1v) is 8.31. The number of fused-ring (bicyclic) bond motifs is 2. The Balaban J connectivity index is 0.000000188. The van der Waals surface area contributed by atoms with Crippen LogP contribution in [0.3, 0.4) is 0 Å². The van der Waals surface area contributed by atoms with Gasteiger partial charge in [-0.3, -0.25) is 0 Å². The van der Waals surface area contributed by atoms with Gasteiger partial charge in [0.1, 0.15) is 11.5 Å². The number of hydrogen-bond donors (Lipinski definition) is 2. The second-order valence-corrected chi connectivity index (χ2v) is 5.69. The molecule has 0 aliphatic heterocycles. The van der Waals surface area contributed by atoms with Gasteiger partial charge >= 0.3 is 12.3 Å². The summed E-state index contributed by atoms with van der Waals surface area (Å²) in [6.45, 7) is 0. The molecule has 0 unspecified atom stereocenters. The molecule has 0 spiro atoms. The molecule has 0 aliphatic carbocycles. The van der Waals surface area contributed by atoms with Gasteiger partial charge in [-0.15, -0.1) is 0 Å². The van der Waals surface area contributed by atoms with Crippen molar-refractivity contribution < 1.29 is 29.3 Å². The largest absolute Gasteiger partial charge is 0.511 e. The lowest BCUT2D eigenvalue weighted by Gasteiger charge is -2.08. The zero-order chi connectivity index (χ0) is 19.9. The van der Waals surface area contributed by atoms with Gasteiger partial charge in [0.15, 0.2) is 0 Å². The predicted octanol–water partition coefficient (Wildman–Crippen LogP) is 5.79. The van der Waals surface area contributed by atoms with Crippen LogP contribution in [0.4, 0.5) is 9.59 Å². The number of benzene rings is 4. The molecule has 0 aromatic heterocycles. The van der Waals surface area contributed by atoms with E-state index in [9.17, 15) is 9.59 Å². The Morgan fingerprint density at radius 3 is 1.21 bits per heavy atom. The van der Waals surface area contributed by atoms with Crippen molar-refractivity contribution in [3.63, 3.8) is 0 Å². The second-order valence-electron chi connectivity index (χ2n) is 5.69. The number of ether oxygens (including phenoxy) is 2. The molecule has 0 saturated carbocycles. The molecule has 140 valence electrons. The average Bonchev–Trinajstić information content (AvgIpc) is 2.68. The summed E-state index contributed by atoms with van der Waals surface area (Å²) in [7, 11) is 0. The minimum absolute atomic E-state index is 0.121. The highest BCUT2D eigenvalue weighted by atomic mass is 16.7. The molecule has 6 heteroatoms. The van der Waals surface area contributed by atoms with Crippen molar-refractivity contribution in [1.82, 2.24) is 0 Å². The van der Waals surface area contributed by atoms with E-state index in [4.69, 9.17) is 10.2 Å². The van der Waals surface area contributed by atoms with Gasteiger partial charge in [-0.1, -0.05) is 72.8 Å². The molecular formula is C22H16O6. The van der Waals surface area contributed by atoms with Crippen LogP contribution in [0.2, 0.25) is 0 Å². The van der Waals surface area contributed by atoms with Crippen LogP contribution in [0.25, 0.3) is 21.5 Å². The lowest BCUT2D eigenvalue weighted by molar-refractivity contribution is 0.143. The predicted molar refractivity (Wildman–Crippen MR) is 105 cm³/mol. The number of carbonyl (C=O) groups is 2. The molecule has 0 aliphatic rings. The van der Waals surface area contributed by atoms with E-state index in [0.717, 1.165) is 0 Å². The van der Waals surface area contributed by atoms with Crippen LogP contribution < -0.4 is 9.47 Å². The van der Waals surface area contributed by atoms with Crippen molar-refractivity contribution in [2.45, 2.75) is 0 Å². The quantitative estimate of drug-likeness (QED) is 0.340. The zero-order valence-electron chi connectivity index (χ0n) is 14.6. The molecule has 28 heavy (non-hydrogen) atoms. The maximum Gasteiger partial charge on any atom is 0.511 e. The molecule has 0 atom stereocenters. The van der Waals surface area contributed by atoms with Crippen molar-refractivity contribution in [2.24, 2.45) is 0 Å². The Bertz CT molecular complexity index is 1020. The van der Waals surface area contributed by atoms with Crippen LogP contribution >= 0.6 is 0 Å². The molecule has 0 bridgehead atoms. The summed E-state index contributed by atoms with van der Waals surface area (Å²) in [5.41, 5.74) is 0. The highest BCUT2D eigenvalue weighted by molar-refractivity contribution is 5.95. The Labute approximate surface area is 160 Å². The van der Waals surface area contributed by atoms with Gasteiger partial charge < -0.3 is 19.7 Å². The van der Waals surface area contributed by atoms with E-state index in [1.54, 1.807) is 24.3 Å². The van der Waals surface area contributed by atoms with Gasteiger partial charge in [0, 0.05) is 10.8 Å². The van der Waals surface area contributed by atoms with Crippen molar-refractivity contribution in [3.8, 4) is 11.5 Å². The van der Waals surface area contributed by atoms with Crippen LogP contribution in [0.15, 0.2) is 84.9 Å². The number of carboxylic acid groups (broad SMARTS) is 2. The Kier molecular flexibility index (Phi) is 5.72. The summed E-state index contributed by atoms with van der Waals surface area (Å²) in [5, 5.41) is 20.7. The molecule has 0 heterocycles. The summed E-state index contributed by atoms with van der Waals surface area (Å²) < 4.78 is 9.20. The standard InChI is InChI=1S/C12H8O6.C10H8/c13-11(14)17-9-5-1-3-7-8(9)4-2-6-10(7)18-12(15)16;1-2-6-10-8-4-3-7-9(10)5-1/h1-6H,(H,13,14)(H,15,16);1-8H. The molecule has 2 N–H and O–H groups in total. The van der Waals surface area contributed by atoms with Gasteiger partial charge in [-0.05, 0) is 22.9 Å². The van der Waals surface area contributed by atoms with E-state index in [2.05, 4.69) is 58.0 Å². The first-order chi connectivity index (χ1) is 13.5. The molecule has 0 radical (unpaired) electrons. The van der Waals surface area contributed by atoms with Crippen molar-refractivity contribution >= 4 is 33.9 Å². The Hall–Kier alpha value is -4.06. The summed E-state index contributed by atoms with van der Waals surface area (Å²) in [5.74, 6) is 0.242. The van der Waals surface area contributed by atoms with E-state index in [-0.39, 0.29) is 11.5 Å². The highest BCUT2D eigenvalue weighted by Crippen LogP contribution is 2.32. The third-order valence-corrected chi connectivity index (χ3v) is 3.90. The zero-order valence-corrected chi connectivity index (χ0v) is 14.6. The third-order valence-electron chi connectivity index (χ3n) is 3.90. The van der Waals surface area contributed by atoms with Gasteiger partial charge in [0.2, 0.25) is 0 Å². The first-order valence-electron chi connectivity index (χ1n) is 8.31. The molecule has 0 saturated heterocycles. The molecular weight excluding hydrogens is 360 g/mol. The molecule has 4 aromatic carbocycles. The SMILES string of the molecule is O=C(O)Oc1cccc2c(OC(=O)O)cccc12.c1ccc2ccccc2c1. The minimum atomic E-state index is -1.44. The van der Waals surface area contributed by atoms with Gasteiger partial charge in [0.05, 0.1) is 0 Å². The van der Waals surface area contributed by atoms with E-state index < -0.39 is 12.3 Å².